The Kier molecular flexibility index (Phi) is 3.29. The van der Waals surface area contributed by atoms with Gasteiger partial charge in [0.25, 0.3) is 0 Å². The fraction of sp³-hybridized carbons (Fsp3) is 0.381. The van der Waals surface area contributed by atoms with Crippen molar-refractivity contribution in [2.75, 3.05) is 0 Å². The highest BCUT2D eigenvalue weighted by Gasteiger charge is 2.29. The summed E-state index contributed by atoms with van der Waals surface area (Å²) in [5.74, 6) is 1.94. The number of para-hydroxylation sites is 2. The molecule has 0 radical (unpaired) electrons. The van der Waals surface area contributed by atoms with Gasteiger partial charge in [-0.2, -0.15) is 0 Å². The van der Waals surface area contributed by atoms with Crippen LogP contribution in [-0.2, 0) is 6.54 Å². The second-order valence-electron chi connectivity index (χ2n) is 7.06. The summed E-state index contributed by atoms with van der Waals surface area (Å²) in [4.78, 5) is 4.94. The molecule has 1 aromatic heterocycles. The van der Waals surface area contributed by atoms with Gasteiger partial charge in [-0.25, -0.2) is 4.98 Å². The van der Waals surface area contributed by atoms with Gasteiger partial charge >= 0.3 is 0 Å². The molecular weight excluding hydrogens is 280 g/mol. The molecule has 1 heterocycles. The molecule has 0 amide bonds. The lowest BCUT2D eigenvalue weighted by molar-refractivity contribution is 0.738. The molecule has 2 heteroatoms. The van der Waals surface area contributed by atoms with E-state index in [0.29, 0.717) is 5.92 Å². The molecule has 4 rings (SSSR count). The average Bonchev–Trinajstić information content (AvgIpc) is 3.32. The van der Waals surface area contributed by atoms with E-state index in [1.807, 2.05) is 0 Å². The number of imidazole rings is 1. The number of rotatable bonds is 3. The lowest BCUT2D eigenvalue weighted by Crippen LogP contribution is -2.09. The summed E-state index contributed by atoms with van der Waals surface area (Å²) in [7, 11) is 0. The molecule has 0 unspecified atom stereocenters. The van der Waals surface area contributed by atoms with Gasteiger partial charge < -0.3 is 4.57 Å². The molecule has 3 aromatic rings. The van der Waals surface area contributed by atoms with E-state index in [2.05, 4.69) is 62.6 Å². The number of aryl methyl sites for hydroxylation is 2. The highest BCUT2D eigenvalue weighted by atomic mass is 15.1. The largest absolute Gasteiger partial charge is 0.323 e. The Morgan fingerprint density at radius 1 is 1.00 bits per heavy atom. The third kappa shape index (κ3) is 2.37. The van der Waals surface area contributed by atoms with E-state index in [0.717, 1.165) is 12.1 Å². The first-order chi connectivity index (χ1) is 11.1. The number of benzene rings is 2. The zero-order valence-corrected chi connectivity index (χ0v) is 14.5. The maximum atomic E-state index is 4.94. The normalized spacial score (nSPS) is 14.6. The van der Waals surface area contributed by atoms with Crippen molar-refractivity contribution in [3.63, 3.8) is 0 Å². The van der Waals surface area contributed by atoms with Crippen LogP contribution in [-0.4, -0.2) is 9.55 Å². The van der Waals surface area contributed by atoms with Crippen LogP contribution >= 0.6 is 0 Å². The number of aromatic nitrogens is 2. The van der Waals surface area contributed by atoms with E-state index in [4.69, 9.17) is 4.98 Å². The van der Waals surface area contributed by atoms with Gasteiger partial charge in [-0.15, -0.1) is 0 Å². The third-order valence-electron chi connectivity index (χ3n) is 5.46. The summed E-state index contributed by atoms with van der Waals surface area (Å²) < 4.78 is 2.46. The van der Waals surface area contributed by atoms with Gasteiger partial charge in [-0.05, 0) is 80.5 Å². The van der Waals surface area contributed by atoms with Gasteiger partial charge in [0.2, 0.25) is 0 Å². The third-order valence-corrected chi connectivity index (χ3v) is 5.46. The van der Waals surface area contributed by atoms with E-state index in [1.54, 1.807) is 0 Å². The van der Waals surface area contributed by atoms with Crippen molar-refractivity contribution in [1.29, 1.82) is 0 Å². The Hall–Kier alpha value is -2.09. The predicted molar refractivity (Wildman–Crippen MR) is 96.2 cm³/mol. The molecule has 1 saturated carbocycles. The molecule has 0 saturated heterocycles. The van der Waals surface area contributed by atoms with Crippen molar-refractivity contribution in [2.24, 2.45) is 0 Å². The fourth-order valence-corrected chi connectivity index (χ4v) is 3.61. The van der Waals surface area contributed by atoms with Gasteiger partial charge in [0.1, 0.15) is 5.82 Å². The molecule has 0 spiro atoms. The summed E-state index contributed by atoms with van der Waals surface area (Å²) >= 11 is 0. The Balaban J connectivity index is 1.90. The molecule has 0 aliphatic heterocycles. The van der Waals surface area contributed by atoms with Crippen molar-refractivity contribution >= 4 is 11.0 Å². The Labute approximate surface area is 138 Å². The van der Waals surface area contributed by atoms with Crippen LogP contribution in [0.5, 0.6) is 0 Å². The second-order valence-corrected chi connectivity index (χ2v) is 7.06. The van der Waals surface area contributed by atoms with E-state index < -0.39 is 0 Å². The first-order valence-electron chi connectivity index (χ1n) is 8.57. The monoisotopic (exact) mass is 304 g/mol. The number of nitrogens with zero attached hydrogens (tertiary/aromatic N) is 2. The van der Waals surface area contributed by atoms with Crippen LogP contribution in [0, 0.1) is 27.7 Å². The van der Waals surface area contributed by atoms with Crippen molar-refractivity contribution in [1.82, 2.24) is 9.55 Å². The number of hydrogen-bond acceptors (Lipinski definition) is 1. The first-order valence-corrected chi connectivity index (χ1v) is 8.57. The zero-order valence-electron chi connectivity index (χ0n) is 14.5. The van der Waals surface area contributed by atoms with Crippen LogP contribution in [0.2, 0.25) is 0 Å². The molecule has 2 aromatic carbocycles. The van der Waals surface area contributed by atoms with E-state index >= 15 is 0 Å². The van der Waals surface area contributed by atoms with Crippen LogP contribution in [0.1, 0.15) is 52.4 Å². The van der Waals surface area contributed by atoms with E-state index in [9.17, 15) is 0 Å². The molecule has 0 N–H and O–H groups in total. The quantitative estimate of drug-likeness (QED) is 0.650. The summed E-state index contributed by atoms with van der Waals surface area (Å²) in [5.41, 5.74) is 9.50. The maximum Gasteiger partial charge on any atom is 0.113 e. The van der Waals surface area contributed by atoms with Gasteiger partial charge in [-0.1, -0.05) is 18.2 Å². The van der Waals surface area contributed by atoms with Crippen molar-refractivity contribution < 1.29 is 0 Å². The minimum atomic E-state index is 0.661. The summed E-state index contributed by atoms with van der Waals surface area (Å²) in [6.45, 7) is 9.89. The molecule has 0 bridgehead atoms. The van der Waals surface area contributed by atoms with Crippen LogP contribution in [0.3, 0.4) is 0 Å². The van der Waals surface area contributed by atoms with E-state index in [1.165, 1.54) is 52.0 Å². The summed E-state index contributed by atoms with van der Waals surface area (Å²) in [5, 5.41) is 0. The molecular formula is C21H24N2. The number of hydrogen-bond donors (Lipinski definition) is 0. The Morgan fingerprint density at radius 2 is 1.65 bits per heavy atom. The maximum absolute atomic E-state index is 4.94. The van der Waals surface area contributed by atoms with Gasteiger partial charge in [0.15, 0.2) is 0 Å². The van der Waals surface area contributed by atoms with Crippen molar-refractivity contribution in [3.8, 4) is 0 Å². The fourth-order valence-electron chi connectivity index (χ4n) is 3.61. The minimum Gasteiger partial charge on any atom is -0.323 e. The minimum absolute atomic E-state index is 0.661. The Bertz CT molecular complexity index is 872. The molecule has 2 nitrogen and oxygen atoms in total. The smallest absolute Gasteiger partial charge is 0.113 e. The molecule has 1 fully saturated rings. The molecule has 1 aliphatic carbocycles. The van der Waals surface area contributed by atoms with Crippen LogP contribution < -0.4 is 0 Å². The summed E-state index contributed by atoms with van der Waals surface area (Å²) in [6, 6.07) is 10.9. The van der Waals surface area contributed by atoms with Gasteiger partial charge in [0, 0.05) is 12.5 Å². The highest BCUT2D eigenvalue weighted by Crippen LogP contribution is 2.41. The first kappa shape index (κ1) is 14.5. The van der Waals surface area contributed by atoms with Crippen molar-refractivity contribution in [2.45, 2.75) is 53.0 Å². The van der Waals surface area contributed by atoms with Gasteiger partial charge in [-0.3, -0.25) is 0 Å². The van der Waals surface area contributed by atoms with Crippen molar-refractivity contribution in [3.05, 3.63) is 64.0 Å². The standard InChI is InChI=1S/C21H24N2/c1-13-11-14(2)16(4)18(15(13)3)12-23-20-8-6-5-7-19(20)22-21(23)17-9-10-17/h5-8,11,17H,9-10,12H2,1-4H3. The zero-order chi connectivity index (χ0) is 16.1. The van der Waals surface area contributed by atoms with Crippen LogP contribution in [0.15, 0.2) is 30.3 Å². The molecule has 23 heavy (non-hydrogen) atoms. The SMILES string of the molecule is Cc1cc(C)c(C)c(Cn2c(C3CC3)nc3ccccc32)c1C. The highest BCUT2D eigenvalue weighted by molar-refractivity contribution is 5.76. The van der Waals surface area contributed by atoms with E-state index in [-0.39, 0.29) is 0 Å². The lowest BCUT2D eigenvalue weighted by Gasteiger charge is -2.17. The summed E-state index contributed by atoms with van der Waals surface area (Å²) in [6.07, 6.45) is 2.57. The van der Waals surface area contributed by atoms with Crippen LogP contribution in [0.4, 0.5) is 0 Å². The van der Waals surface area contributed by atoms with Crippen LogP contribution in [0.25, 0.3) is 11.0 Å². The second kappa shape index (κ2) is 5.23. The average molecular weight is 304 g/mol. The molecule has 1 aliphatic rings. The molecule has 0 atom stereocenters. The Morgan fingerprint density at radius 3 is 2.30 bits per heavy atom. The topological polar surface area (TPSA) is 17.8 Å². The van der Waals surface area contributed by atoms with Gasteiger partial charge in [0.05, 0.1) is 11.0 Å². The lowest BCUT2D eigenvalue weighted by atomic mass is 9.94. The number of fused-ring (bicyclic) bond motifs is 1. The predicted octanol–water partition coefficient (Wildman–Crippen LogP) is 5.20. The molecule has 118 valence electrons.